The van der Waals surface area contributed by atoms with Crippen LogP contribution in [0.2, 0.25) is 0 Å². The second-order valence-electron chi connectivity index (χ2n) is 4.54. The van der Waals surface area contributed by atoms with Crippen molar-refractivity contribution in [1.82, 2.24) is 5.32 Å². The first kappa shape index (κ1) is 14.1. The van der Waals surface area contributed by atoms with Gasteiger partial charge in [0, 0.05) is 12.6 Å². The minimum Gasteiger partial charge on any atom is -0.507 e. The molecule has 2 rings (SSSR count). The van der Waals surface area contributed by atoms with E-state index in [0.717, 1.165) is 23.0 Å². The summed E-state index contributed by atoms with van der Waals surface area (Å²) in [6.07, 6.45) is 1.04. The Bertz CT molecular complexity index is 528. The summed E-state index contributed by atoms with van der Waals surface area (Å²) >= 11 is 3.34. The fourth-order valence-corrected chi connectivity index (χ4v) is 2.51. The molecule has 2 aromatic rings. The molecular weight excluding hydrogens is 302 g/mol. The Kier molecular flexibility index (Phi) is 5.00. The Balaban J connectivity index is 2.02. The minimum atomic E-state index is 0.277. The van der Waals surface area contributed by atoms with Crippen molar-refractivity contribution in [2.75, 3.05) is 0 Å². The first-order valence-electron chi connectivity index (χ1n) is 6.46. The molecule has 0 aliphatic heterocycles. The van der Waals surface area contributed by atoms with Gasteiger partial charge < -0.3 is 10.4 Å². The van der Waals surface area contributed by atoms with Gasteiger partial charge >= 0.3 is 0 Å². The molecule has 0 heterocycles. The average molecular weight is 320 g/mol. The third kappa shape index (κ3) is 3.82. The molecule has 0 spiro atoms. The van der Waals surface area contributed by atoms with Gasteiger partial charge in [0.05, 0.1) is 4.47 Å². The number of halogens is 1. The van der Waals surface area contributed by atoms with Crippen molar-refractivity contribution in [3.8, 4) is 5.75 Å². The highest BCUT2D eigenvalue weighted by Crippen LogP contribution is 2.25. The molecule has 0 amide bonds. The maximum absolute atomic E-state index is 9.48. The normalized spacial score (nSPS) is 12.3. The molecule has 3 heteroatoms. The van der Waals surface area contributed by atoms with Crippen LogP contribution in [0.3, 0.4) is 0 Å². The molecule has 1 unspecified atom stereocenters. The smallest absolute Gasteiger partial charge is 0.129 e. The van der Waals surface area contributed by atoms with Gasteiger partial charge in [0.2, 0.25) is 0 Å². The quantitative estimate of drug-likeness (QED) is 0.856. The SMILES string of the molecule is CCC(NCc1ccc(O)c(Br)c1)c1ccccc1. The molecule has 2 aromatic carbocycles. The third-order valence-electron chi connectivity index (χ3n) is 3.17. The van der Waals surface area contributed by atoms with E-state index in [4.69, 9.17) is 0 Å². The van der Waals surface area contributed by atoms with Crippen LogP contribution in [0.4, 0.5) is 0 Å². The summed E-state index contributed by atoms with van der Waals surface area (Å²) in [7, 11) is 0. The lowest BCUT2D eigenvalue weighted by Gasteiger charge is -2.17. The lowest BCUT2D eigenvalue weighted by atomic mass is 10.0. The van der Waals surface area contributed by atoms with Gasteiger partial charge in [-0.05, 0) is 45.6 Å². The molecule has 0 aliphatic rings. The van der Waals surface area contributed by atoms with Crippen LogP contribution in [0.15, 0.2) is 53.0 Å². The molecule has 0 bridgehead atoms. The number of aromatic hydroxyl groups is 1. The predicted molar refractivity (Wildman–Crippen MR) is 82.1 cm³/mol. The zero-order valence-electron chi connectivity index (χ0n) is 10.9. The van der Waals surface area contributed by atoms with Gasteiger partial charge in [-0.25, -0.2) is 0 Å². The number of benzene rings is 2. The van der Waals surface area contributed by atoms with E-state index in [0.29, 0.717) is 6.04 Å². The zero-order valence-corrected chi connectivity index (χ0v) is 12.5. The van der Waals surface area contributed by atoms with Crippen LogP contribution in [0.1, 0.15) is 30.5 Å². The number of rotatable bonds is 5. The Morgan fingerprint density at radius 1 is 1.16 bits per heavy atom. The lowest BCUT2D eigenvalue weighted by molar-refractivity contribution is 0.471. The van der Waals surface area contributed by atoms with Crippen LogP contribution < -0.4 is 5.32 Å². The highest BCUT2D eigenvalue weighted by molar-refractivity contribution is 9.10. The van der Waals surface area contributed by atoms with Gasteiger partial charge in [0.1, 0.15) is 5.75 Å². The largest absolute Gasteiger partial charge is 0.507 e. The van der Waals surface area contributed by atoms with Crippen molar-refractivity contribution >= 4 is 15.9 Å². The van der Waals surface area contributed by atoms with E-state index in [1.165, 1.54) is 5.56 Å². The maximum Gasteiger partial charge on any atom is 0.129 e. The molecule has 0 aromatic heterocycles. The van der Waals surface area contributed by atoms with Gasteiger partial charge in [-0.15, -0.1) is 0 Å². The predicted octanol–water partition coefficient (Wildman–Crippen LogP) is 4.40. The van der Waals surface area contributed by atoms with Crippen LogP contribution in [-0.4, -0.2) is 5.11 Å². The van der Waals surface area contributed by atoms with E-state index in [1.807, 2.05) is 18.2 Å². The van der Waals surface area contributed by atoms with E-state index in [1.54, 1.807) is 6.07 Å². The van der Waals surface area contributed by atoms with Gasteiger partial charge in [0.15, 0.2) is 0 Å². The Hall–Kier alpha value is -1.32. The molecule has 2 nitrogen and oxygen atoms in total. The number of hydrogen-bond acceptors (Lipinski definition) is 2. The standard InChI is InChI=1S/C16H18BrNO/c1-2-15(13-6-4-3-5-7-13)18-11-12-8-9-16(19)14(17)10-12/h3-10,15,18-19H,2,11H2,1H3. The summed E-state index contributed by atoms with van der Waals surface area (Å²) in [5.41, 5.74) is 2.46. The zero-order chi connectivity index (χ0) is 13.7. The van der Waals surface area contributed by atoms with Crippen LogP contribution in [0.5, 0.6) is 5.75 Å². The summed E-state index contributed by atoms with van der Waals surface area (Å²) in [5, 5.41) is 13.0. The Morgan fingerprint density at radius 2 is 1.89 bits per heavy atom. The van der Waals surface area contributed by atoms with E-state index in [2.05, 4.69) is 52.4 Å². The van der Waals surface area contributed by atoms with Crippen LogP contribution in [-0.2, 0) is 6.54 Å². The Morgan fingerprint density at radius 3 is 2.53 bits per heavy atom. The van der Waals surface area contributed by atoms with E-state index in [-0.39, 0.29) is 5.75 Å². The van der Waals surface area contributed by atoms with Crippen molar-refractivity contribution in [1.29, 1.82) is 0 Å². The molecule has 1 atom stereocenters. The molecule has 0 saturated heterocycles. The molecule has 0 aliphatic carbocycles. The maximum atomic E-state index is 9.48. The molecule has 0 saturated carbocycles. The molecular formula is C16H18BrNO. The summed E-state index contributed by atoms with van der Waals surface area (Å²) < 4.78 is 0.736. The summed E-state index contributed by atoms with van der Waals surface area (Å²) in [6.45, 7) is 2.96. The first-order valence-corrected chi connectivity index (χ1v) is 7.25. The van der Waals surface area contributed by atoms with Gasteiger partial charge in [-0.3, -0.25) is 0 Å². The number of hydrogen-bond donors (Lipinski definition) is 2. The fourth-order valence-electron chi connectivity index (χ4n) is 2.08. The summed E-state index contributed by atoms with van der Waals surface area (Å²) in [5.74, 6) is 0.277. The molecule has 100 valence electrons. The van der Waals surface area contributed by atoms with Crippen molar-refractivity contribution in [3.63, 3.8) is 0 Å². The van der Waals surface area contributed by atoms with Crippen LogP contribution in [0.25, 0.3) is 0 Å². The summed E-state index contributed by atoms with van der Waals surface area (Å²) in [6, 6.07) is 16.4. The van der Waals surface area contributed by atoms with Gasteiger partial charge in [-0.2, -0.15) is 0 Å². The van der Waals surface area contributed by atoms with Crippen LogP contribution >= 0.6 is 15.9 Å². The molecule has 0 fully saturated rings. The van der Waals surface area contributed by atoms with Crippen molar-refractivity contribution in [2.24, 2.45) is 0 Å². The van der Waals surface area contributed by atoms with Gasteiger partial charge in [-0.1, -0.05) is 43.3 Å². The molecule has 19 heavy (non-hydrogen) atoms. The fraction of sp³-hybridized carbons (Fsp3) is 0.250. The Labute approximate surface area is 122 Å². The van der Waals surface area contributed by atoms with E-state index in [9.17, 15) is 5.11 Å². The monoisotopic (exact) mass is 319 g/mol. The lowest BCUT2D eigenvalue weighted by Crippen LogP contribution is -2.20. The topological polar surface area (TPSA) is 32.3 Å². The molecule has 0 radical (unpaired) electrons. The second kappa shape index (κ2) is 6.73. The highest BCUT2D eigenvalue weighted by Gasteiger charge is 2.08. The second-order valence-corrected chi connectivity index (χ2v) is 5.39. The highest BCUT2D eigenvalue weighted by atomic mass is 79.9. The van der Waals surface area contributed by atoms with Crippen molar-refractivity contribution < 1.29 is 5.11 Å². The van der Waals surface area contributed by atoms with E-state index < -0.39 is 0 Å². The average Bonchev–Trinajstić information content (AvgIpc) is 2.44. The number of phenols is 1. The third-order valence-corrected chi connectivity index (χ3v) is 3.81. The summed E-state index contributed by atoms with van der Waals surface area (Å²) in [4.78, 5) is 0. The van der Waals surface area contributed by atoms with Crippen molar-refractivity contribution in [2.45, 2.75) is 25.9 Å². The number of phenolic OH excluding ortho intramolecular Hbond substituents is 1. The number of nitrogens with one attached hydrogen (secondary N) is 1. The minimum absolute atomic E-state index is 0.277. The first-order chi connectivity index (χ1) is 9.20. The van der Waals surface area contributed by atoms with E-state index >= 15 is 0 Å². The van der Waals surface area contributed by atoms with Crippen LogP contribution in [0, 0.1) is 0 Å². The molecule has 2 N–H and O–H groups in total. The van der Waals surface area contributed by atoms with Gasteiger partial charge in [0.25, 0.3) is 0 Å². The van der Waals surface area contributed by atoms with Crippen molar-refractivity contribution in [3.05, 3.63) is 64.1 Å².